The summed E-state index contributed by atoms with van der Waals surface area (Å²) in [6, 6.07) is 3.61. The van der Waals surface area contributed by atoms with Gasteiger partial charge in [-0.1, -0.05) is 0 Å². The SMILES string of the molecule is NC(=O)[C@@H](Nc1cc2c3c(c1)nc(N1CCC(O)CC1)n3CCCO2)C1CC1. The number of aliphatic hydroxyl groups is 1. The van der Waals surface area contributed by atoms with Gasteiger partial charge in [0.05, 0.1) is 18.2 Å². The Morgan fingerprint density at radius 2 is 2.04 bits per heavy atom. The van der Waals surface area contributed by atoms with E-state index in [0.717, 1.165) is 80.2 Å². The predicted octanol–water partition coefficient (Wildman–Crippen LogP) is 1.46. The molecule has 28 heavy (non-hydrogen) atoms. The Labute approximate surface area is 163 Å². The number of carbonyl (C=O) groups excluding carboxylic acids is 1. The highest BCUT2D eigenvalue weighted by atomic mass is 16.5. The number of primary amides is 1. The minimum Gasteiger partial charge on any atom is -0.491 e. The lowest BCUT2D eigenvalue weighted by Crippen LogP contribution is -2.37. The molecule has 1 saturated carbocycles. The van der Waals surface area contributed by atoms with Crippen LogP contribution in [0.1, 0.15) is 32.1 Å². The van der Waals surface area contributed by atoms with Gasteiger partial charge < -0.3 is 30.4 Å². The minimum atomic E-state index is -0.347. The highest BCUT2D eigenvalue weighted by Crippen LogP contribution is 2.38. The zero-order chi connectivity index (χ0) is 19.3. The average molecular weight is 385 g/mol. The summed E-state index contributed by atoms with van der Waals surface area (Å²) in [5, 5.41) is 13.2. The van der Waals surface area contributed by atoms with Crippen molar-refractivity contribution < 1.29 is 14.6 Å². The number of benzene rings is 1. The fourth-order valence-electron chi connectivity index (χ4n) is 4.37. The van der Waals surface area contributed by atoms with E-state index in [1.165, 1.54) is 0 Å². The Bertz CT molecular complexity index is 899. The van der Waals surface area contributed by atoms with Crippen LogP contribution in [0.5, 0.6) is 5.75 Å². The summed E-state index contributed by atoms with van der Waals surface area (Å²) in [5.41, 5.74) is 8.30. The van der Waals surface area contributed by atoms with Gasteiger partial charge in [0.2, 0.25) is 11.9 Å². The van der Waals surface area contributed by atoms with Gasteiger partial charge in [0.25, 0.3) is 0 Å². The Balaban J connectivity index is 1.53. The molecule has 3 heterocycles. The Morgan fingerprint density at radius 1 is 1.25 bits per heavy atom. The fourth-order valence-corrected chi connectivity index (χ4v) is 4.37. The lowest BCUT2D eigenvalue weighted by Gasteiger charge is -2.30. The van der Waals surface area contributed by atoms with Crippen molar-refractivity contribution >= 4 is 28.6 Å². The number of ether oxygens (including phenoxy) is 1. The molecular formula is C20H27N5O3. The zero-order valence-electron chi connectivity index (χ0n) is 15.9. The fraction of sp³-hybridized carbons (Fsp3) is 0.600. The van der Waals surface area contributed by atoms with Crippen LogP contribution < -0.4 is 20.7 Å². The Morgan fingerprint density at radius 3 is 2.75 bits per heavy atom. The molecular weight excluding hydrogens is 358 g/mol. The largest absolute Gasteiger partial charge is 0.491 e. The van der Waals surface area contributed by atoms with E-state index < -0.39 is 0 Å². The van der Waals surface area contributed by atoms with Crippen molar-refractivity contribution in [1.82, 2.24) is 9.55 Å². The van der Waals surface area contributed by atoms with Crippen molar-refractivity contribution in [3.05, 3.63) is 12.1 Å². The quantitative estimate of drug-likeness (QED) is 0.720. The summed E-state index contributed by atoms with van der Waals surface area (Å²) in [4.78, 5) is 19.0. The number of rotatable bonds is 5. The highest BCUT2D eigenvalue weighted by Gasteiger charge is 2.35. The maximum absolute atomic E-state index is 11.8. The molecule has 1 amide bonds. The van der Waals surface area contributed by atoms with Crippen molar-refractivity contribution in [2.45, 2.75) is 50.8 Å². The third-order valence-corrected chi connectivity index (χ3v) is 6.04. The van der Waals surface area contributed by atoms with Gasteiger partial charge in [-0.2, -0.15) is 0 Å². The van der Waals surface area contributed by atoms with E-state index in [9.17, 15) is 9.90 Å². The molecule has 3 aliphatic rings. The number of imidazole rings is 1. The number of nitrogens with zero attached hydrogens (tertiary/aromatic N) is 3. The number of nitrogens with two attached hydrogens (primary N) is 1. The molecule has 0 spiro atoms. The first-order chi connectivity index (χ1) is 13.6. The van der Waals surface area contributed by atoms with Gasteiger partial charge >= 0.3 is 0 Å². The van der Waals surface area contributed by atoms with Gasteiger partial charge in [-0.15, -0.1) is 0 Å². The maximum atomic E-state index is 11.8. The summed E-state index contributed by atoms with van der Waals surface area (Å²) < 4.78 is 8.26. The number of nitrogens with one attached hydrogen (secondary N) is 1. The smallest absolute Gasteiger partial charge is 0.240 e. The molecule has 1 aromatic carbocycles. The van der Waals surface area contributed by atoms with Gasteiger partial charge in [0.15, 0.2) is 0 Å². The number of hydrogen-bond acceptors (Lipinski definition) is 6. The number of aliphatic hydroxyl groups excluding tert-OH is 1. The van der Waals surface area contributed by atoms with Crippen LogP contribution in [0.15, 0.2) is 12.1 Å². The molecule has 8 nitrogen and oxygen atoms in total. The van der Waals surface area contributed by atoms with Crippen molar-refractivity contribution in [3.8, 4) is 5.75 Å². The summed E-state index contributed by atoms with van der Waals surface area (Å²) >= 11 is 0. The van der Waals surface area contributed by atoms with Crippen LogP contribution in [0.3, 0.4) is 0 Å². The van der Waals surface area contributed by atoms with E-state index in [1.807, 2.05) is 12.1 Å². The van der Waals surface area contributed by atoms with Crippen LogP contribution >= 0.6 is 0 Å². The first kappa shape index (κ1) is 17.6. The first-order valence-corrected chi connectivity index (χ1v) is 10.3. The van der Waals surface area contributed by atoms with Gasteiger partial charge in [-0.25, -0.2) is 4.98 Å². The molecule has 2 aliphatic heterocycles. The van der Waals surface area contributed by atoms with E-state index in [1.54, 1.807) is 0 Å². The zero-order valence-corrected chi connectivity index (χ0v) is 15.9. The van der Waals surface area contributed by atoms with Crippen molar-refractivity contribution in [2.24, 2.45) is 11.7 Å². The second-order valence-corrected chi connectivity index (χ2v) is 8.19. The van der Waals surface area contributed by atoms with E-state index in [4.69, 9.17) is 15.5 Å². The van der Waals surface area contributed by atoms with Crippen molar-refractivity contribution in [1.29, 1.82) is 0 Å². The van der Waals surface area contributed by atoms with Gasteiger partial charge in [0.1, 0.15) is 17.3 Å². The predicted molar refractivity (Wildman–Crippen MR) is 107 cm³/mol. The number of piperidine rings is 1. The van der Waals surface area contributed by atoms with Crippen LogP contribution in [-0.2, 0) is 11.3 Å². The Hall–Kier alpha value is -2.48. The standard InChI is InChI=1S/C20H27N5O3/c21-19(27)17(12-2-3-12)22-13-10-15-18-16(11-13)28-9-1-6-25(18)20(23-15)24-7-4-14(26)5-8-24/h10-12,14,17,22,26H,1-9H2,(H2,21,27)/t17-/m0/s1. The van der Waals surface area contributed by atoms with E-state index in [2.05, 4.69) is 14.8 Å². The summed E-state index contributed by atoms with van der Waals surface area (Å²) in [6.07, 6.45) is 4.30. The van der Waals surface area contributed by atoms with E-state index >= 15 is 0 Å². The molecule has 2 aromatic rings. The van der Waals surface area contributed by atoms with Crippen LogP contribution in [0.4, 0.5) is 11.6 Å². The number of anilines is 2. The third kappa shape index (κ3) is 3.15. The molecule has 1 atom stereocenters. The molecule has 4 N–H and O–H groups in total. The average Bonchev–Trinajstić information content (AvgIpc) is 3.47. The van der Waals surface area contributed by atoms with Crippen molar-refractivity contribution in [3.63, 3.8) is 0 Å². The number of aryl methyl sites for hydroxylation is 1. The normalized spacial score (nSPS) is 21.2. The summed E-state index contributed by atoms with van der Waals surface area (Å²) in [5.74, 6) is 1.75. The molecule has 8 heteroatoms. The minimum absolute atomic E-state index is 0.215. The van der Waals surface area contributed by atoms with Crippen LogP contribution in [0.2, 0.25) is 0 Å². The van der Waals surface area contributed by atoms with Crippen LogP contribution in [0, 0.1) is 5.92 Å². The molecule has 1 aromatic heterocycles. The summed E-state index contributed by atoms with van der Waals surface area (Å²) in [6.45, 7) is 3.12. The monoisotopic (exact) mass is 385 g/mol. The topological polar surface area (TPSA) is 106 Å². The van der Waals surface area contributed by atoms with Gasteiger partial charge in [-0.3, -0.25) is 4.79 Å². The molecule has 2 fully saturated rings. The van der Waals surface area contributed by atoms with Crippen LogP contribution in [-0.4, -0.2) is 52.4 Å². The Kier molecular flexibility index (Phi) is 4.30. The lowest BCUT2D eigenvalue weighted by molar-refractivity contribution is -0.119. The number of carbonyl (C=O) groups is 1. The van der Waals surface area contributed by atoms with Crippen LogP contribution in [0.25, 0.3) is 11.0 Å². The molecule has 1 aliphatic carbocycles. The van der Waals surface area contributed by atoms with Gasteiger partial charge in [-0.05, 0) is 44.1 Å². The second kappa shape index (κ2) is 6.84. The maximum Gasteiger partial charge on any atom is 0.240 e. The molecule has 0 bridgehead atoms. The highest BCUT2D eigenvalue weighted by molar-refractivity contribution is 5.90. The van der Waals surface area contributed by atoms with E-state index in [-0.39, 0.29) is 18.1 Å². The molecule has 0 radical (unpaired) electrons. The van der Waals surface area contributed by atoms with E-state index in [0.29, 0.717) is 12.5 Å². The lowest BCUT2D eigenvalue weighted by atomic mass is 10.1. The second-order valence-electron chi connectivity index (χ2n) is 8.19. The molecule has 0 unspecified atom stereocenters. The van der Waals surface area contributed by atoms with Gasteiger partial charge in [0, 0.05) is 31.4 Å². The first-order valence-electron chi connectivity index (χ1n) is 10.3. The van der Waals surface area contributed by atoms with Crippen molar-refractivity contribution in [2.75, 3.05) is 29.9 Å². The molecule has 150 valence electrons. The summed E-state index contributed by atoms with van der Waals surface area (Å²) in [7, 11) is 0. The number of aromatic nitrogens is 2. The molecule has 1 saturated heterocycles. The number of hydrogen-bond donors (Lipinski definition) is 3. The third-order valence-electron chi connectivity index (χ3n) is 6.04. The molecule has 5 rings (SSSR count). The number of amides is 1.